The van der Waals surface area contributed by atoms with E-state index in [1.165, 1.54) is 12.4 Å². The van der Waals surface area contributed by atoms with Gasteiger partial charge in [-0.15, -0.1) is 0 Å². The Labute approximate surface area is 126 Å². The van der Waals surface area contributed by atoms with Gasteiger partial charge in [0, 0.05) is 17.8 Å². The zero-order chi connectivity index (χ0) is 15.3. The second-order valence-electron chi connectivity index (χ2n) is 5.30. The van der Waals surface area contributed by atoms with Crippen LogP contribution in [0.2, 0.25) is 0 Å². The van der Waals surface area contributed by atoms with Crippen LogP contribution >= 0.6 is 0 Å². The number of aromatic nitrogens is 1. The van der Waals surface area contributed by atoms with Gasteiger partial charge in [0.25, 0.3) is 0 Å². The van der Waals surface area contributed by atoms with Crippen LogP contribution in [0.15, 0.2) is 60.4 Å². The fourth-order valence-electron chi connectivity index (χ4n) is 3.09. The van der Waals surface area contributed by atoms with Crippen LogP contribution in [0.5, 0.6) is 5.75 Å². The minimum absolute atomic E-state index is 0.518. The molecular formula is C16H13BF2N2O. The Morgan fingerprint density at radius 1 is 1.18 bits per heavy atom. The molecule has 0 saturated heterocycles. The number of nitrogens with zero attached hydrogens (tertiary/aromatic N) is 2. The number of hydrogen-bond donors (Lipinski definition) is 0. The predicted molar refractivity (Wildman–Crippen MR) is 82.3 cm³/mol. The molecule has 0 atom stereocenters. The number of allylic oxidation sites excluding steroid dienone is 2. The fraction of sp³-hybridized carbons (Fsp3) is 0.0625. The van der Waals surface area contributed by atoms with Crippen molar-refractivity contribution in [1.29, 1.82) is 0 Å². The molecule has 0 saturated carbocycles. The molecule has 6 heteroatoms. The Kier molecular flexibility index (Phi) is 2.63. The molecule has 0 aliphatic carbocycles. The number of hydrogen-bond acceptors (Lipinski definition) is 1. The highest BCUT2D eigenvalue weighted by Crippen LogP contribution is 2.38. The minimum Gasteiger partial charge on any atom is -0.497 e. The van der Waals surface area contributed by atoms with Crippen LogP contribution in [0, 0.1) is 0 Å². The van der Waals surface area contributed by atoms with E-state index in [0.29, 0.717) is 17.1 Å². The van der Waals surface area contributed by atoms with E-state index in [4.69, 9.17) is 4.74 Å². The van der Waals surface area contributed by atoms with Gasteiger partial charge < -0.3 is 22.3 Å². The number of benzene rings is 1. The molecule has 3 nitrogen and oxygen atoms in total. The molecule has 0 fully saturated rings. The minimum atomic E-state index is -3.85. The summed E-state index contributed by atoms with van der Waals surface area (Å²) in [6.45, 7) is -3.85. The first-order valence-electron chi connectivity index (χ1n) is 7.01. The molecule has 2 aliphatic rings. The van der Waals surface area contributed by atoms with E-state index in [0.717, 1.165) is 20.1 Å². The maximum atomic E-state index is 14.6. The summed E-state index contributed by atoms with van der Waals surface area (Å²) in [5.41, 5.74) is 2.67. The van der Waals surface area contributed by atoms with Gasteiger partial charge in [-0.1, -0.05) is 12.1 Å². The van der Waals surface area contributed by atoms with Crippen LogP contribution in [-0.2, 0) is 0 Å². The monoisotopic (exact) mass is 298 g/mol. The Morgan fingerprint density at radius 3 is 2.86 bits per heavy atom. The number of ether oxygens (including phenoxy) is 1. The topological polar surface area (TPSA) is 17.2 Å². The van der Waals surface area contributed by atoms with Crippen LogP contribution in [0.3, 0.4) is 0 Å². The maximum absolute atomic E-state index is 14.6. The first-order chi connectivity index (χ1) is 10.6. The summed E-state index contributed by atoms with van der Waals surface area (Å²) in [7, 11) is 1.59. The van der Waals surface area contributed by atoms with Crippen LogP contribution in [0.4, 0.5) is 8.63 Å². The van der Waals surface area contributed by atoms with E-state index in [2.05, 4.69) is 0 Å². The predicted octanol–water partition coefficient (Wildman–Crippen LogP) is 3.15. The van der Waals surface area contributed by atoms with E-state index >= 15 is 0 Å². The normalized spacial score (nSPS) is 18.0. The Bertz CT molecular complexity index is 865. The van der Waals surface area contributed by atoms with Gasteiger partial charge in [-0.3, -0.25) is 0 Å². The third-order valence-electron chi connectivity index (χ3n) is 4.10. The van der Waals surface area contributed by atoms with E-state index in [9.17, 15) is 8.63 Å². The summed E-state index contributed by atoms with van der Waals surface area (Å²) in [6, 6.07) is 10.8. The van der Waals surface area contributed by atoms with E-state index in [-0.39, 0.29) is 0 Å². The van der Waals surface area contributed by atoms with Crippen LogP contribution < -0.4 is 4.74 Å². The quantitative estimate of drug-likeness (QED) is 0.779. The molecule has 4 rings (SSSR count). The average Bonchev–Trinajstić information content (AvgIpc) is 3.17. The van der Waals surface area contributed by atoms with Crippen molar-refractivity contribution in [3.05, 3.63) is 71.7 Å². The van der Waals surface area contributed by atoms with Crippen LogP contribution in [0.25, 0.3) is 5.57 Å². The molecule has 0 amide bonds. The summed E-state index contributed by atoms with van der Waals surface area (Å²) in [4.78, 5) is 0. The van der Waals surface area contributed by atoms with Crippen molar-refractivity contribution in [2.45, 2.75) is 0 Å². The molecule has 0 spiro atoms. The molecule has 3 heterocycles. The first kappa shape index (κ1) is 13.1. The van der Waals surface area contributed by atoms with Crippen molar-refractivity contribution in [1.82, 2.24) is 4.48 Å². The molecular weight excluding hydrogens is 285 g/mol. The van der Waals surface area contributed by atoms with Crippen molar-refractivity contribution >= 4 is 18.8 Å². The highest BCUT2D eigenvalue weighted by Gasteiger charge is 2.51. The van der Waals surface area contributed by atoms with E-state index < -0.39 is 6.97 Å². The Morgan fingerprint density at radius 2 is 2.05 bits per heavy atom. The second kappa shape index (κ2) is 4.43. The third kappa shape index (κ3) is 1.64. The van der Waals surface area contributed by atoms with Crippen molar-refractivity contribution in [3.8, 4) is 5.75 Å². The lowest BCUT2D eigenvalue weighted by atomic mass is 9.86. The zero-order valence-electron chi connectivity index (χ0n) is 11.9. The number of halogens is 2. The molecule has 2 aromatic rings. The lowest BCUT2D eigenvalue weighted by Crippen LogP contribution is -2.49. The molecule has 0 unspecified atom stereocenters. The average molecular weight is 298 g/mol. The molecule has 0 radical (unpaired) electrons. The smallest absolute Gasteiger partial charge is 0.497 e. The van der Waals surface area contributed by atoms with Crippen molar-refractivity contribution < 1.29 is 17.9 Å². The molecule has 0 N–H and O–H groups in total. The molecule has 2 aliphatic heterocycles. The van der Waals surface area contributed by atoms with Crippen molar-refractivity contribution in [2.24, 2.45) is 0 Å². The number of rotatable bonds is 2. The SMILES string of the molecule is COc1cccc(C2=C3C=CC=[N+]3[B-](F)(F)n3cccc32)c1. The molecule has 22 heavy (non-hydrogen) atoms. The maximum Gasteiger partial charge on any atom is 0.737 e. The standard InChI is InChI=1S/C16H13BF2N2O/c1-22-13-6-2-5-12(11-13)16-14-7-3-9-20(14)17(18,19)21-10-4-8-15(16)21/h2-11H,1H3. The zero-order valence-corrected chi connectivity index (χ0v) is 11.9. The van der Waals surface area contributed by atoms with Gasteiger partial charge in [-0.2, -0.15) is 0 Å². The number of fused-ring (bicyclic) bond motifs is 2. The second-order valence-corrected chi connectivity index (χ2v) is 5.30. The molecule has 110 valence electrons. The van der Waals surface area contributed by atoms with Gasteiger partial charge in [-0.05, 0) is 36.0 Å². The van der Waals surface area contributed by atoms with Crippen molar-refractivity contribution in [3.63, 3.8) is 0 Å². The molecule has 1 aromatic heterocycles. The van der Waals surface area contributed by atoms with Gasteiger partial charge in [0.1, 0.15) is 12.0 Å². The van der Waals surface area contributed by atoms with Gasteiger partial charge >= 0.3 is 6.97 Å². The highest BCUT2D eigenvalue weighted by atomic mass is 19.2. The summed E-state index contributed by atoms with van der Waals surface area (Å²) in [5, 5.41) is 0. The Hall–Kier alpha value is -2.63. The first-order valence-corrected chi connectivity index (χ1v) is 7.01. The van der Waals surface area contributed by atoms with Gasteiger partial charge in [0.15, 0.2) is 5.70 Å². The summed E-state index contributed by atoms with van der Waals surface area (Å²) >= 11 is 0. The number of methoxy groups -OCH3 is 1. The summed E-state index contributed by atoms with van der Waals surface area (Å²) in [6.07, 6.45) is 6.23. The van der Waals surface area contributed by atoms with Gasteiger partial charge in [0.2, 0.25) is 0 Å². The van der Waals surface area contributed by atoms with E-state index in [1.54, 1.807) is 31.4 Å². The molecule has 1 aromatic carbocycles. The van der Waals surface area contributed by atoms with Crippen molar-refractivity contribution in [2.75, 3.05) is 7.11 Å². The summed E-state index contributed by atoms with van der Waals surface area (Å²) < 4.78 is 36.7. The van der Waals surface area contributed by atoms with Gasteiger partial charge in [-0.25, -0.2) is 0 Å². The highest BCUT2D eigenvalue weighted by molar-refractivity contribution is 6.57. The lowest BCUT2D eigenvalue weighted by Gasteiger charge is -2.30. The lowest BCUT2D eigenvalue weighted by molar-refractivity contribution is -0.356. The van der Waals surface area contributed by atoms with Gasteiger partial charge in [0.05, 0.1) is 12.7 Å². The molecule has 0 bridgehead atoms. The summed E-state index contributed by atoms with van der Waals surface area (Å²) in [5.74, 6) is 0.698. The largest absolute Gasteiger partial charge is 0.737 e. The van der Waals surface area contributed by atoms with Crippen LogP contribution in [-0.4, -0.2) is 29.3 Å². The third-order valence-corrected chi connectivity index (χ3v) is 4.10. The fourth-order valence-corrected chi connectivity index (χ4v) is 3.09. The van der Waals surface area contributed by atoms with E-state index in [1.807, 2.05) is 24.3 Å². The van der Waals surface area contributed by atoms with Crippen LogP contribution in [0.1, 0.15) is 11.3 Å². The Balaban J connectivity index is 2.02.